The van der Waals surface area contributed by atoms with E-state index < -0.39 is 40.5 Å². The predicted octanol–water partition coefficient (Wildman–Crippen LogP) is 0.798. The van der Waals surface area contributed by atoms with Crippen molar-refractivity contribution in [3.8, 4) is 0 Å². The highest BCUT2D eigenvalue weighted by atomic mass is 32.2. The van der Waals surface area contributed by atoms with E-state index in [-0.39, 0.29) is 16.4 Å². The van der Waals surface area contributed by atoms with E-state index in [0.717, 1.165) is 4.31 Å². The van der Waals surface area contributed by atoms with Crippen molar-refractivity contribution in [1.29, 1.82) is 0 Å². The summed E-state index contributed by atoms with van der Waals surface area (Å²) in [6, 6.07) is 4.46. The number of hydrogen-bond donors (Lipinski definition) is 1. The monoisotopic (exact) mass is 414 g/mol. The molecule has 156 valence electrons. The van der Waals surface area contributed by atoms with Crippen molar-refractivity contribution in [1.82, 2.24) is 9.62 Å². The van der Waals surface area contributed by atoms with Crippen LogP contribution in [-0.2, 0) is 29.1 Å². The summed E-state index contributed by atoms with van der Waals surface area (Å²) in [5.41, 5.74) is -0.0119. The van der Waals surface area contributed by atoms with Crippen LogP contribution in [0.15, 0.2) is 29.2 Å². The summed E-state index contributed by atoms with van der Waals surface area (Å²) in [6.07, 6.45) is 0.632. The van der Waals surface area contributed by atoms with Crippen LogP contribution in [0.3, 0.4) is 0 Å². The average Bonchev–Trinajstić information content (AvgIpc) is 2.68. The van der Waals surface area contributed by atoms with Crippen LogP contribution in [0.25, 0.3) is 0 Å². The van der Waals surface area contributed by atoms with Crippen LogP contribution in [0.1, 0.15) is 30.6 Å². The second-order valence-corrected chi connectivity index (χ2v) is 8.50. The fraction of sp³-hybridized carbons (Fsp3) is 0.500. The Kier molecular flexibility index (Phi) is 8.58. The topological polar surface area (TPSA) is 119 Å². The van der Waals surface area contributed by atoms with Crippen LogP contribution in [0.5, 0.6) is 0 Å². The van der Waals surface area contributed by atoms with Crippen LogP contribution in [0.2, 0.25) is 0 Å². The van der Waals surface area contributed by atoms with Gasteiger partial charge in [-0.2, -0.15) is 0 Å². The highest BCUT2D eigenvalue weighted by Gasteiger charge is 2.27. The van der Waals surface area contributed by atoms with Crippen LogP contribution < -0.4 is 5.32 Å². The Morgan fingerprint density at radius 1 is 1.21 bits per heavy atom. The highest BCUT2D eigenvalue weighted by molar-refractivity contribution is 7.89. The van der Waals surface area contributed by atoms with Crippen molar-refractivity contribution in [3.05, 3.63) is 29.8 Å². The van der Waals surface area contributed by atoms with E-state index in [4.69, 9.17) is 4.74 Å². The summed E-state index contributed by atoms with van der Waals surface area (Å²) in [4.78, 5) is 35.9. The largest absolute Gasteiger partial charge is 0.467 e. The van der Waals surface area contributed by atoms with Gasteiger partial charge in [0.15, 0.2) is 6.61 Å². The number of carbonyl (C=O) groups excluding carboxylic acids is 3. The summed E-state index contributed by atoms with van der Waals surface area (Å²) in [7, 11) is 0.260. The number of carbonyl (C=O) groups is 3. The van der Waals surface area contributed by atoms with Crippen molar-refractivity contribution in [2.75, 3.05) is 27.8 Å². The van der Waals surface area contributed by atoms with E-state index in [1.807, 2.05) is 6.92 Å². The van der Waals surface area contributed by atoms with Crippen molar-refractivity contribution in [2.24, 2.45) is 5.92 Å². The molecule has 1 N–H and O–H groups in total. The lowest BCUT2D eigenvalue weighted by Gasteiger charge is -2.21. The third-order valence-electron chi connectivity index (χ3n) is 4.17. The third kappa shape index (κ3) is 6.03. The zero-order valence-electron chi connectivity index (χ0n) is 16.6. The van der Waals surface area contributed by atoms with E-state index >= 15 is 0 Å². The number of esters is 2. The molecule has 2 atom stereocenters. The molecule has 10 heteroatoms. The summed E-state index contributed by atoms with van der Waals surface area (Å²) >= 11 is 0. The van der Waals surface area contributed by atoms with Gasteiger partial charge in [0.25, 0.3) is 5.91 Å². The normalized spacial score (nSPS) is 13.5. The molecule has 28 heavy (non-hydrogen) atoms. The molecule has 0 saturated carbocycles. The molecule has 0 aliphatic carbocycles. The van der Waals surface area contributed by atoms with Crippen molar-refractivity contribution in [3.63, 3.8) is 0 Å². The smallest absolute Gasteiger partial charge is 0.338 e. The third-order valence-corrected chi connectivity index (χ3v) is 5.98. The van der Waals surface area contributed by atoms with Gasteiger partial charge in [-0.25, -0.2) is 22.3 Å². The molecule has 1 amide bonds. The minimum absolute atomic E-state index is 0.0119. The summed E-state index contributed by atoms with van der Waals surface area (Å²) in [5.74, 6) is -2.28. The van der Waals surface area contributed by atoms with E-state index in [1.54, 1.807) is 6.92 Å². The molecular weight excluding hydrogens is 388 g/mol. The van der Waals surface area contributed by atoms with Gasteiger partial charge in [-0.05, 0) is 24.1 Å². The zero-order valence-corrected chi connectivity index (χ0v) is 17.4. The molecule has 0 fully saturated rings. The van der Waals surface area contributed by atoms with Crippen molar-refractivity contribution in [2.45, 2.75) is 31.2 Å². The average molecular weight is 414 g/mol. The van der Waals surface area contributed by atoms with Gasteiger partial charge >= 0.3 is 11.9 Å². The number of nitrogens with one attached hydrogen (secondary N) is 1. The molecule has 0 aromatic heterocycles. The van der Waals surface area contributed by atoms with Crippen LogP contribution in [-0.4, -0.2) is 64.4 Å². The molecule has 1 rings (SSSR count). The Hall–Kier alpha value is -2.46. The Labute approximate surface area is 165 Å². The second-order valence-electron chi connectivity index (χ2n) is 6.35. The summed E-state index contributed by atoms with van der Waals surface area (Å²) in [6.45, 7) is 3.03. The maximum atomic E-state index is 12.2. The van der Waals surface area contributed by atoms with E-state index in [1.165, 1.54) is 45.5 Å². The number of hydrogen-bond acceptors (Lipinski definition) is 7. The standard InChI is InChI=1S/C18H26N2O7S/c1-6-12(2)16(18(23)26-5)19-15(21)11-27-17(22)13-8-7-9-14(10-13)28(24,25)20(3)4/h7-10,12,16H,6,11H2,1-5H3,(H,19,21)/t12-,16+/m1/s1. The maximum absolute atomic E-state index is 12.2. The zero-order chi connectivity index (χ0) is 21.5. The molecule has 0 saturated heterocycles. The highest BCUT2D eigenvalue weighted by Crippen LogP contribution is 2.15. The van der Waals surface area contributed by atoms with Gasteiger partial charge < -0.3 is 14.8 Å². The molecule has 0 spiro atoms. The molecular formula is C18H26N2O7S. The van der Waals surface area contributed by atoms with Gasteiger partial charge in [0.1, 0.15) is 6.04 Å². The van der Waals surface area contributed by atoms with Crippen molar-refractivity contribution >= 4 is 27.9 Å². The number of nitrogens with zero attached hydrogens (tertiary/aromatic N) is 1. The number of rotatable bonds is 9. The minimum atomic E-state index is -3.71. The number of sulfonamides is 1. The van der Waals surface area contributed by atoms with Crippen LogP contribution in [0, 0.1) is 5.92 Å². The van der Waals surface area contributed by atoms with E-state index in [9.17, 15) is 22.8 Å². The Bertz CT molecular complexity index is 821. The van der Waals surface area contributed by atoms with Crippen molar-refractivity contribution < 1.29 is 32.3 Å². The first-order chi connectivity index (χ1) is 13.0. The molecule has 1 aromatic rings. The Morgan fingerprint density at radius 2 is 1.86 bits per heavy atom. The number of methoxy groups -OCH3 is 1. The lowest BCUT2D eigenvalue weighted by atomic mass is 9.99. The fourth-order valence-corrected chi connectivity index (χ4v) is 3.17. The molecule has 0 aliphatic heterocycles. The fourth-order valence-electron chi connectivity index (χ4n) is 2.22. The quantitative estimate of drug-likeness (QED) is 0.594. The molecule has 0 heterocycles. The lowest BCUT2D eigenvalue weighted by molar-refractivity contribution is -0.147. The maximum Gasteiger partial charge on any atom is 0.338 e. The van der Waals surface area contributed by atoms with Gasteiger partial charge in [0.2, 0.25) is 10.0 Å². The summed E-state index contributed by atoms with van der Waals surface area (Å²) < 4.78 is 34.9. The first-order valence-electron chi connectivity index (χ1n) is 8.61. The van der Waals surface area contributed by atoms with E-state index in [2.05, 4.69) is 10.1 Å². The molecule has 0 aliphatic rings. The second kappa shape index (κ2) is 10.2. The predicted molar refractivity (Wildman–Crippen MR) is 101 cm³/mol. The number of ether oxygens (including phenoxy) is 2. The first kappa shape index (κ1) is 23.6. The molecule has 0 radical (unpaired) electrons. The van der Waals surface area contributed by atoms with Gasteiger partial charge in [-0.15, -0.1) is 0 Å². The first-order valence-corrected chi connectivity index (χ1v) is 10.1. The molecule has 9 nitrogen and oxygen atoms in total. The number of benzene rings is 1. The van der Waals surface area contributed by atoms with Gasteiger partial charge in [-0.3, -0.25) is 4.79 Å². The number of amides is 1. The van der Waals surface area contributed by atoms with Gasteiger partial charge in [-0.1, -0.05) is 26.3 Å². The minimum Gasteiger partial charge on any atom is -0.467 e. The lowest BCUT2D eigenvalue weighted by Crippen LogP contribution is -2.47. The van der Waals surface area contributed by atoms with Crippen LogP contribution >= 0.6 is 0 Å². The van der Waals surface area contributed by atoms with Crippen LogP contribution in [0.4, 0.5) is 0 Å². The summed E-state index contributed by atoms with van der Waals surface area (Å²) in [5, 5.41) is 2.48. The van der Waals surface area contributed by atoms with Gasteiger partial charge in [0.05, 0.1) is 17.6 Å². The Morgan fingerprint density at radius 3 is 2.39 bits per heavy atom. The SMILES string of the molecule is CC[C@@H](C)[C@H](NC(=O)COC(=O)c1cccc(S(=O)(=O)N(C)C)c1)C(=O)OC. The van der Waals surface area contributed by atoms with Gasteiger partial charge in [0, 0.05) is 14.1 Å². The molecule has 1 aromatic carbocycles. The van der Waals surface area contributed by atoms with E-state index in [0.29, 0.717) is 6.42 Å². The molecule has 0 bridgehead atoms. The molecule has 0 unspecified atom stereocenters. The Balaban J connectivity index is 2.79.